The number of methoxy groups -OCH3 is 1. The molecule has 2 aliphatic heterocycles. The molecule has 8 heteroatoms. The highest BCUT2D eigenvalue weighted by Gasteiger charge is 2.49. The molecular weight excluding hydrogens is 466 g/mol. The van der Waals surface area contributed by atoms with E-state index in [4.69, 9.17) is 16.3 Å². The minimum atomic E-state index is -0.221. The van der Waals surface area contributed by atoms with Gasteiger partial charge in [0, 0.05) is 29.7 Å². The Balaban J connectivity index is 1.31. The van der Waals surface area contributed by atoms with Crippen molar-refractivity contribution in [2.24, 2.45) is 11.8 Å². The number of anilines is 2. The minimum Gasteiger partial charge on any atom is -0.495 e. The van der Waals surface area contributed by atoms with E-state index in [0.29, 0.717) is 22.8 Å². The van der Waals surface area contributed by atoms with Crippen molar-refractivity contribution < 1.29 is 19.1 Å². The van der Waals surface area contributed by atoms with Gasteiger partial charge in [0.25, 0.3) is 5.91 Å². The summed E-state index contributed by atoms with van der Waals surface area (Å²) in [6, 6.07) is 10.7. The van der Waals surface area contributed by atoms with Gasteiger partial charge in [0.2, 0.25) is 11.8 Å². The van der Waals surface area contributed by atoms with Crippen LogP contribution in [0.4, 0.5) is 11.4 Å². The highest BCUT2D eigenvalue weighted by Crippen LogP contribution is 2.41. The highest BCUT2D eigenvalue weighted by atomic mass is 35.5. The Hall–Kier alpha value is -3.06. The zero-order valence-electron chi connectivity index (χ0n) is 20.1. The fourth-order valence-corrected chi connectivity index (χ4v) is 5.83. The molecule has 1 saturated carbocycles. The molecule has 0 spiro atoms. The lowest BCUT2D eigenvalue weighted by Crippen LogP contribution is -2.37. The predicted octanol–water partition coefficient (Wildman–Crippen LogP) is 4.35. The summed E-state index contributed by atoms with van der Waals surface area (Å²) in [6.07, 6.45) is 4.28. The van der Waals surface area contributed by atoms with E-state index in [1.165, 1.54) is 4.90 Å². The molecular formula is C27H30ClN3O4. The molecule has 3 atom stereocenters. The molecule has 184 valence electrons. The van der Waals surface area contributed by atoms with Crippen LogP contribution in [0.1, 0.15) is 48.0 Å². The zero-order valence-corrected chi connectivity index (χ0v) is 20.8. The molecule has 2 saturated heterocycles. The molecule has 3 amide bonds. The number of hydrogen-bond acceptors (Lipinski definition) is 5. The third kappa shape index (κ3) is 4.38. The van der Waals surface area contributed by atoms with Gasteiger partial charge in [-0.3, -0.25) is 14.4 Å². The van der Waals surface area contributed by atoms with Gasteiger partial charge >= 0.3 is 0 Å². The number of rotatable bonds is 5. The van der Waals surface area contributed by atoms with E-state index >= 15 is 0 Å². The minimum absolute atomic E-state index is 0.0474. The predicted molar refractivity (Wildman–Crippen MR) is 135 cm³/mol. The number of carbonyl (C=O) groups excluding carboxylic acids is 3. The van der Waals surface area contributed by atoms with Crippen LogP contribution in [0.15, 0.2) is 36.4 Å². The van der Waals surface area contributed by atoms with Crippen LogP contribution in [0, 0.1) is 18.8 Å². The SMILES string of the molecule is COc1ccc(Cl)cc1N1CCC(NC(=O)c2ccc(C)c(N3C(=O)C4CCCCC4C3=O)c2)C1. The van der Waals surface area contributed by atoms with E-state index in [0.717, 1.165) is 55.6 Å². The third-order valence-electron chi connectivity index (χ3n) is 7.56. The first-order valence-corrected chi connectivity index (χ1v) is 12.6. The van der Waals surface area contributed by atoms with Gasteiger partial charge in [0.05, 0.1) is 30.3 Å². The summed E-state index contributed by atoms with van der Waals surface area (Å²) < 4.78 is 5.48. The molecule has 3 fully saturated rings. The Morgan fingerprint density at radius 3 is 2.40 bits per heavy atom. The van der Waals surface area contributed by atoms with Crippen LogP contribution >= 0.6 is 11.6 Å². The molecule has 0 aromatic heterocycles. The van der Waals surface area contributed by atoms with Crippen LogP contribution in [-0.4, -0.2) is 44.0 Å². The maximum atomic E-state index is 13.1. The average molecular weight is 496 g/mol. The molecule has 5 rings (SSSR count). The summed E-state index contributed by atoms with van der Waals surface area (Å²) in [5, 5.41) is 3.74. The Labute approximate surface area is 210 Å². The average Bonchev–Trinajstić information content (AvgIpc) is 3.42. The number of carbonyl (C=O) groups is 3. The number of ether oxygens (including phenoxy) is 1. The Kier molecular flexibility index (Phi) is 6.45. The zero-order chi connectivity index (χ0) is 24.7. The van der Waals surface area contributed by atoms with Crippen molar-refractivity contribution in [1.29, 1.82) is 0 Å². The second kappa shape index (κ2) is 9.53. The maximum absolute atomic E-state index is 13.1. The Morgan fingerprint density at radius 2 is 1.71 bits per heavy atom. The number of benzene rings is 2. The fourth-order valence-electron chi connectivity index (χ4n) is 5.67. The fraction of sp³-hybridized carbons (Fsp3) is 0.444. The van der Waals surface area contributed by atoms with Crippen LogP contribution in [-0.2, 0) is 9.59 Å². The second-order valence-electron chi connectivity index (χ2n) is 9.73. The van der Waals surface area contributed by atoms with Gasteiger partial charge in [0.15, 0.2) is 0 Å². The van der Waals surface area contributed by atoms with Crippen molar-refractivity contribution in [2.75, 3.05) is 30.0 Å². The molecule has 1 aliphatic carbocycles. The topological polar surface area (TPSA) is 79.0 Å². The van der Waals surface area contributed by atoms with Gasteiger partial charge in [-0.05, 0) is 62.1 Å². The van der Waals surface area contributed by atoms with Crippen molar-refractivity contribution in [3.8, 4) is 5.75 Å². The summed E-state index contributed by atoms with van der Waals surface area (Å²) in [6.45, 7) is 3.26. The highest BCUT2D eigenvalue weighted by molar-refractivity contribution is 6.31. The van der Waals surface area contributed by atoms with E-state index in [2.05, 4.69) is 10.2 Å². The molecule has 3 unspecified atom stereocenters. The van der Waals surface area contributed by atoms with Gasteiger partial charge < -0.3 is 15.0 Å². The number of fused-ring (bicyclic) bond motifs is 1. The van der Waals surface area contributed by atoms with E-state index in [-0.39, 0.29) is 35.6 Å². The number of amides is 3. The molecule has 3 aliphatic rings. The first-order valence-electron chi connectivity index (χ1n) is 12.2. The first-order chi connectivity index (χ1) is 16.9. The number of nitrogens with one attached hydrogen (secondary N) is 1. The van der Waals surface area contributed by atoms with Gasteiger partial charge in [0.1, 0.15) is 5.75 Å². The van der Waals surface area contributed by atoms with Crippen molar-refractivity contribution >= 4 is 40.7 Å². The number of nitrogens with zero attached hydrogens (tertiary/aromatic N) is 2. The number of aryl methyl sites for hydroxylation is 1. The van der Waals surface area contributed by atoms with Gasteiger partial charge in [-0.25, -0.2) is 4.90 Å². The number of halogens is 1. The smallest absolute Gasteiger partial charge is 0.251 e. The number of imide groups is 1. The van der Waals surface area contributed by atoms with Crippen molar-refractivity contribution in [3.63, 3.8) is 0 Å². The van der Waals surface area contributed by atoms with Crippen molar-refractivity contribution in [1.82, 2.24) is 5.32 Å². The summed E-state index contributed by atoms with van der Waals surface area (Å²) >= 11 is 6.19. The second-order valence-corrected chi connectivity index (χ2v) is 10.2. The van der Waals surface area contributed by atoms with Gasteiger partial charge in [-0.15, -0.1) is 0 Å². The lowest BCUT2D eigenvalue weighted by Gasteiger charge is -2.22. The third-order valence-corrected chi connectivity index (χ3v) is 7.79. The quantitative estimate of drug-likeness (QED) is 0.624. The van der Waals surface area contributed by atoms with E-state index < -0.39 is 0 Å². The van der Waals surface area contributed by atoms with Crippen LogP contribution in [0.25, 0.3) is 0 Å². The molecule has 35 heavy (non-hydrogen) atoms. The summed E-state index contributed by atoms with van der Waals surface area (Å²) in [5.41, 5.74) is 2.68. The van der Waals surface area contributed by atoms with Crippen molar-refractivity contribution in [3.05, 3.63) is 52.5 Å². The molecule has 7 nitrogen and oxygen atoms in total. The van der Waals surface area contributed by atoms with Gasteiger partial charge in [-0.1, -0.05) is 30.5 Å². The summed E-state index contributed by atoms with van der Waals surface area (Å²) in [7, 11) is 1.63. The van der Waals surface area contributed by atoms with E-state index in [9.17, 15) is 14.4 Å². The molecule has 2 heterocycles. The molecule has 2 aromatic carbocycles. The first kappa shape index (κ1) is 23.7. The van der Waals surface area contributed by atoms with Gasteiger partial charge in [-0.2, -0.15) is 0 Å². The van der Waals surface area contributed by atoms with E-state index in [1.54, 1.807) is 25.3 Å². The lowest BCUT2D eigenvalue weighted by molar-refractivity contribution is -0.122. The number of hydrogen-bond donors (Lipinski definition) is 1. The normalized spacial score (nSPS) is 24.0. The van der Waals surface area contributed by atoms with Crippen LogP contribution < -0.4 is 19.9 Å². The standard InChI is InChI=1S/C27H30ClN3O4/c1-16-7-8-17(13-22(16)31-26(33)20-5-3-4-6-21(20)27(31)34)25(32)29-19-11-12-30(15-19)23-14-18(28)9-10-24(23)35-2/h7-10,13-14,19-21H,3-6,11-12,15H2,1-2H3,(H,29,32). The van der Waals surface area contributed by atoms with Crippen molar-refractivity contribution in [2.45, 2.75) is 45.1 Å². The Morgan fingerprint density at radius 1 is 1.00 bits per heavy atom. The summed E-state index contributed by atoms with van der Waals surface area (Å²) in [5.74, 6) is -0.163. The molecule has 2 aromatic rings. The Bertz CT molecular complexity index is 1160. The molecule has 1 N–H and O–H groups in total. The summed E-state index contributed by atoms with van der Waals surface area (Å²) in [4.78, 5) is 42.8. The monoisotopic (exact) mass is 495 g/mol. The largest absolute Gasteiger partial charge is 0.495 e. The maximum Gasteiger partial charge on any atom is 0.251 e. The van der Waals surface area contributed by atoms with E-state index in [1.807, 2.05) is 25.1 Å². The van der Waals surface area contributed by atoms with Crippen LogP contribution in [0.5, 0.6) is 5.75 Å². The molecule has 0 radical (unpaired) electrons. The molecule has 0 bridgehead atoms. The van der Waals surface area contributed by atoms with Crippen LogP contribution in [0.2, 0.25) is 5.02 Å². The lowest BCUT2D eigenvalue weighted by atomic mass is 9.81. The van der Waals surface area contributed by atoms with Crippen LogP contribution in [0.3, 0.4) is 0 Å².